The minimum Gasteiger partial charge on any atom is -0.393 e. The first-order valence-electron chi connectivity index (χ1n) is 7.76. The summed E-state index contributed by atoms with van der Waals surface area (Å²) >= 11 is 0. The Hall–Kier alpha value is -0.910. The van der Waals surface area contributed by atoms with Gasteiger partial charge in [-0.05, 0) is 18.9 Å². The summed E-state index contributed by atoms with van der Waals surface area (Å²) in [6.45, 7) is 1.27. The van der Waals surface area contributed by atoms with Crippen molar-refractivity contribution in [2.75, 3.05) is 13.2 Å². The third-order valence-corrected chi connectivity index (χ3v) is 4.21. The minimum atomic E-state index is -0.451. The minimum absolute atomic E-state index is 0.245. The number of nitrogens with zero attached hydrogens (tertiary/aromatic N) is 2. The highest BCUT2D eigenvalue weighted by Crippen LogP contribution is 2.27. The van der Waals surface area contributed by atoms with E-state index < -0.39 is 6.10 Å². The molecular formula is C15H24N2O3. The first-order chi connectivity index (χ1) is 9.81. The second-order valence-electron chi connectivity index (χ2n) is 5.84. The molecule has 3 rings (SSSR count). The van der Waals surface area contributed by atoms with Crippen LogP contribution < -0.4 is 0 Å². The molecule has 1 atom stereocenters. The second kappa shape index (κ2) is 6.70. The van der Waals surface area contributed by atoms with Gasteiger partial charge in [0.2, 0.25) is 0 Å². The molecule has 112 valence electrons. The van der Waals surface area contributed by atoms with Crippen LogP contribution in [0.1, 0.15) is 50.3 Å². The molecule has 5 nitrogen and oxygen atoms in total. The number of aromatic nitrogens is 2. The van der Waals surface area contributed by atoms with Gasteiger partial charge in [0.1, 0.15) is 0 Å². The molecule has 20 heavy (non-hydrogen) atoms. The number of hydrogen-bond acceptors (Lipinski definition) is 4. The van der Waals surface area contributed by atoms with E-state index >= 15 is 0 Å². The largest absolute Gasteiger partial charge is 0.393 e. The summed E-state index contributed by atoms with van der Waals surface area (Å²) in [4.78, 5) is 0. The molecule has 1 aliphatic carbocycles. The van der Waals surface area contributed by atoms with Crippen LogP contribution in [-0.4, -0.2) is 40.5 Å². The topological polar surface area (TPSA) is 56.5 Å². The van der Waals surface area contributed by atoms with Crippen molar-refractivity contribution in [1.82, 2.24) is 9.78 Å². The van der Waals surface area contributed by atoms with Crippen molar-refractivity contribution < 1.29 is 14.6 Å². The van der Waals surface area contributed by atoms with E-state index in [-0.39, 0.29) is 6.29 Å². The predicted octanol–water partition coefficient (Wildman–Crippen LogP) is 2.05. The summed E-state index contributed by atoms with van der Waals surface area (Å²) in [5.41, 5.74) is 0.959. The van der Waals surface area contributed by atoms with Gasteiger partial charge >= 0.3 is 0 Å². The normalized spacial score (nSPS) is 23.2. The van der Waals surface area contributed by atoms with Gasteiger partial charge in [0, 0.05) is 19.0 Å². The van der Waals surface area contributed by atoms with E-state index in [0.29, 0.717) is 32.1 Å². The first kappa shape index (κ1) is 14.0. The van der Waals surface area contributed by atoms with E-state index in [1.165, 1.54) is 32.1 Å². The molecule has 2 fully saturated rings. The molecule has 2 aliphatic rings. The zero-order valence-corrected chi connectivity index (χ0v) is 11.9. The van der Waals surface area contributed by atoms with Crippen LogP contribution in [0.5, 0.6) is 0 Å². The van der Waals surface area contributed by atoms with Crippen molar-refractivity contribution in [1.29, 1.82) is 0 Å². The molecule has 1 unspecified atom stereocenters. The molecule has 0 radical (unpaired) electrons. The van der Waals surface area contributed by atoms with Gasteiger partial charge in [-0.15, -0.1) is 0 Å². The monoisotopic (exact) mass is 280 g/mol. The standard InChI is InChI=1S/C15H24N2O3/c18-14(11-15-19-8-9-20-15)10-12-6-7-17(16-12)13-4-2-1-3-5-13/h6-7,13-15,18H,1-5,8-11H2. The van der Waals surface area contributed by atoms with Crippen molar-refractivity contribution >= 4 is 0 Å². The van der Waals surface area contributed by atoms with Crippen molar-refractivity contribution in [3.05, 3.63) is 18.0 Å². The molecule has 2 heterocycles. The average Bonchev–Trinajstić information content (AvgIpc) is 3.11. The Bertz CT molecular complexity index is 409. The van der Waals surface area contributed by atoms with Gasteiger partial charge in [0.05, 0.1) is 31.1 Å². The van der Waals surface area contributed by atoms with Gasteiger partial charge < -0.3 is 14.6 Å². The second-order valence-corrected chi connectivity index (χ2v) is 5.84. The molecule has 5 heteroatoms. The van der Waals surface area contributed by atoms with Crippen LogP contribution in [0.4, 0.5) is 0 Å². The van der Waals surface area contributed by atoms with Crippen molar-refractivity contribution in [2.24, 2.45) is 0 Å². The number of aliphatic hydroxyl groups excluding tert-OH is 1. The first-order valence-corrected chi connectivity index (χ1v) is 7.76. The van der Waals surface area contributed by atoms with Crippen LogP contribution in [0.15, 0.2) is 12.3 Å². The molecule has 1 aliphatic heterocycles. The van der Waals surface area contributed by atoms with Crippen molar-refractivity contribution in [3.8, 4) is 0 Å². The van der Waals surface area contributed by atoms with Gasteiger partial charge in [0.25, 0.3) is 0 Å². The molecule has 0 aromatic carbocycles. The molecule has 1 N–H and O–H groups in total. The number of aliphatic hydroxyl groups is 1. The highest BCUT2D eigenvalue weighted by atomic mass is 16.7. The Morgan fingerprint density at radius 2 is 2.00 bits per heavy atom. The van der Waals surface area contributed by atoms with Crippen LogP contribution in [0.25, 0.3) is 0 Å². The lowest BCUT2D eigenvalue weighted by Gasteiger charge is -2.21. The van der Waals surface area contributed by atoms with Gasteiger partial charge in [-0.1, -0.05) is 19.3 Å². The maximum Gasteiger partial charge on any atom is 0.160 e. The Labute approximate surface area is 119 Å². The van der Waals surface area contributed by atoms with Gasteiger partial charge in [0.15, 0.2) is 6.29 Å². The zero-order valence-electron chi connectivity index (χ0n) is 11.9. The smallest absolute Gasteiger partial charge is 0.160 e. The fraction of sp³-hybridized carbons (Fsp3) is 0.800. The van der Waals surface area contributed by atoms with Crippen LogP contribution in [-0.2, 0) is 15.9 Å². The lowest BCUT2D eigenvalue weighted by Crippen LogP contribution is -2.21. The van der Waals surface area contributed by atoms with Crippen LogP contribution in [0, 0.1) is 0 Å². The van der Waals surface area contributed by atoms with E-state index in [9.17, 15) is 5.11 Å². The summed E-state index contributed by atoms with van der Waals surface area (Å²) in [5, 5.41) is 14.7. The van der Waals surface area contributed by atoms with Gasteiger partial charge in [-0.2, -0.15) is 5.10 Å². The third kappa shape index (κ3) is 3.59. The summed E-state index contributed by atoms with van der Waals surface area (Å²) in [6.07, 6.45) is 8.88. The fourth-order valence-corrected chi connectivity index (χ4v) is 3.13. The zero-order chi connectivity index (χ0) is 13.8. The Kier molecular flexibility index (Phi) is 4.70. The number of hydrogen-bond donors (Lipinski definition) is 1. The lowest BCUT2D eigenvalue weighted by molar-refractivity contribution is -0.0699. The third-order valence-electron chi connectivity index (χ3n) is 4.21. The van der Waals surface area contributed by atoms with E-state index in [1.807, 2.05) is 6.07 Å². The van der Waals surface area contributed by atoms with E-state index in [1.54, 1.807) is 0 Å². The molecule has 0 amide bonds. The maximum atomic E-state index is 10.1. The summed E-state index contributed by atoms with van der Waals surface area (Å²) in [7, 11) is 0. The molecule has 0 spiro atoms. The lowest BCUT2D eigenvalue weighted by atomic mass is 9.96. The number of ether oxygens (including phenoxy) is 2. The summed E-state index contributed by atoms with van der Waals surface area (Å²) in [5.74, 6) is 0. The Morgan fingerprint density at radius 3 is 2.75 bits per heavy atom. The number of rotatable bonds is 5. The quantitative estimate of drug-likeness (QED) is 0.897. The predicted molar refractivity (Wildman–Crippen MR) is 74.4 cm³/mol. The van der Waals surface area contributed by atoms with Crippen molar-refractivity contribution in [2.45, 2.75) is 63.4 Å². The van der Waals surface area contributed by atoms with Crippen molar-refractivity contribution in [3.63, 3.8) is 0 Å². The van der Waals surface area contributed by atoms with E-state index in [4.69, 9.17) is 9.47 Å². The Morgan fingerprint density at radius 1 is 1.25 bits per heavy atom. The Balaban J connectivity index is 1.50. The maximum absolute atomic E-state index is 10.1. The summed E-state index contributed by atoms with van der Waals surface area (Å²) in [6, 6.07) is 2.57. The fourth-order valence-electron chi connectivity index (χ4n) is 3.13. The van der Waals surface area contributed by atoms with Gasteiger partial charge in [-0.25, -0.2) is 0 Å². The van der Waals surface area contributed by atoms with Crippen LogP contribution in [0.2, 0.25) is 0 Å². The molecule has 1 saturated carbocycles. The molecule has 1 aromatic heterocycles. The van der Waals surface area contributed by atoms with Gasteiger partial charge in [-0.3, -0.25) is 4.68 Å². The molecule has 1 aromatic rings. The summed E-state index contributed by atoms with van der Waals surface area (Å²) < 4.78 is 12.8. The van der Waals surface area contributed by atoms with Crippen LogP contribution in [0.3, 0.4) is 0 Å². The van der Waals surface area contributed by atoms with E-state index in [0.717, 1.165) is 5.69 Å². The van der Waals surface area contributed by atoms with Crippen LogP contribution >= 0.6 is 0 Å². The molecule has 0 bridgehead atoms. The average molecular weight is 280 g/mol. The molecule has 1 saturated heterocycles. The SMILES string of the molecule is OC(Cc1ccn(C2CCCCC2)n1)CC1OCCO1. The van der Waals surface area contributed by atoms with E-state index in [2.05, 4.69) is 16.0 Å². The highest BCUT2D eigenvalue weighted by molar-refractivity contribution is 5.01. The molecular weight excluding hydrogens is 256 g/mol. The highest BCUT2D eigenvalue weighted by Gasteiger charge is 2.21.